The van der Waals surface area contributed by atoms with Crippen LogP contribution in [0.4, 0.5) is 0 Å². The Morgan fingerprint density at radius 2 is 1.76 bits per heavy atom. The molecule has 0 saturated carbocycles. The van der Waals surface area contributed by atoms with E-state index in [0.717, 1.165) is 7.11 Å². The molecule has 5 N–H and O–H groups in total. The van der Waals surface area contributed by atoms with Gasteiger partial charge in [0.15, 0.2) is 6.10 Å². The van der Waals surface area contributed by atoms with Gasteiger partial charge in [-0.05, 0) is 18.8 Å². The van der Waals surface area contributed by atoms with Crippen LogP contribution in [0, 0.1) is 17.8 Å². The Morgan fingerprint density at radius 1 is 1.12 bits per heavy atom. The van der Waals surface area contributed by atoms with E-state index in [1.54, 1.807) is 6.08 Å². The van der Waals surface area contributed by atoms with Crippen molar-refractivity contribution in [2.24, 2.45) is 5.41 Å². The summed E-state index contributed by atoms with van der Waals surface area (Å²) in [4.78, 5) is 36.1. The molecule has 0 aliphatic rings. The molecule has 33 heavy (non-hydrogen) atoms. The summed E-state index contributed by atoms with van der Waals surface area (Å²) in [7, 11) is 1.15. The van der Waals surface area contributed by atoms with Crippen LogP contribution < -0.4 is 10.6 Å². The van der Waals surface area contributed by atoms with E-state index in [1.165, 1.54) is 13.0 Å². The predicted molar refractivity (Wildman–Crippen MR) is 122 cm³/mol. The molecule has 0 saturated heterocycles. The molecule has 0 aromatic rings. The highest BCUT2D eigenvalue weighted by atomic mass is 16.5. The maximum Gasteiger partial charge on any atom is 0.305 e. The first-order chi connectivity index (χ1) is 15.3. The largest absolute Gasteiger partial charge is 0.464 e. The summed E-state index contributed by atoms with van der Waals surface area (Å²) in [6.07, 6.45) is 2.88. The van der Waals surface area contributed by atoms with E-state index in [1.807, 2.05) is 20.8 Å². The van der Waals surface area contributed by atoms with Gasteiger partial charge in [-0.1, -0.05) is 32.9 Å². The maximum atomic E-state index is 12.4. The van der Waals surface area contributed by atoms with Crippen molar-refractivity contribution in [3.8, 4) is 12.3 Å². The molecule has 0 aromatic carbocycles. The molecule has 0 spiro atoms. The quantitative estimate of drug-likeness (QED) is 0.0999. The Balaban J connectivity index is 4.62. The van der Waals surface area contributed by atoms with Crippen LogP contribution in [0.25, 0.3) is 0 Å². The van der Waals surface area contributed by atoms with Crippen LogP contribution in [-0.4, -0.2) is 83.8 Å². The molecule has 10 heteroatoms. The number of nitrogens with one attached hydrogen (secondary N) is 2. The van der Waals surface area contributed by atoms with E-state index in [2.05, 4.69) is 16.6 Å². The van der Waals surface area contributed by atoms with E-state index >= 15 is 0 Å². The minimum absolute atomic E-state index is 0.0349. The number of ether oxygens (including phenoxy) is 2. The third-order valence-electron chi connectivity index (χ3n) is 4.43. The number of aliphatic hydroxyl groups excluding tert-OH is 3. The third-order valence-corrected chi connectivity index (χ3v) is 4.43. The van der Waals surface area contributed by atoms with Crippen molar-refractivity contribution in [3.05, 3.63) is 12.2 Å². The summed E-state index contributed by atoms with van der Waals surface area (Å²) >= 11 is 0. The van der Waals surface area contributed by atoms with E-state index in [9.17, 15) is 29.7 Å². The Morgan fingerprint density at radius 3 is 2.30 bits per heavy atom. The lowest BCUT2D eigenvalue weighted by Crippen LogP contribution is -2.55. The highest BCUT2D eigenvalue weighted by Gasteiger charge is 2.36. The molecular formula is C23H38N2O8. The number of carbonyl (C=O) groups is 3. The lowest BCUT2D eigenvalue weighted by atomic mass is 9.94. The number of methoxy groups -OCH3 is 1. The third kappa shape index (κ3) is 13.0. The maximum absolute atomic E-state index is 12.4. The predicted octanol–water partition coefficient (Wildman–Crippen LogP) is -0.346. The van der Waals surface area contributed by atoms with Crippen molar-refractivity contribution in [2.75, 3.05) is 20.3 Å². The summed E-state index contributed by atoms with van der Waals surface area (Å²) in [5.41, 5.74) is -0.257. The highest BCUT2D eigenvalue weighted by Crippen LogP contribution is 2.17. The van der Waals surface area contributed by atoms with Gasteiger partial charge >= 0.3 is 5.97 Å². The van der Waals surface area contributed by atoms with Gasteiger partial charge in [-0.25, -0.2) is 0 Å². The average Bonchev–Trinajstić information content (AvgIpc) is 2.74. The topological polar surface area (TPSA) is 154 Å². The zero-order valence-corrected chi connectivity index (χ0v) is 20.0. The highest BCUT2D eigenvalue weighted by molar-refractivity contribution is 5.89. The van der Waals surface area contributed by atoms with Crippen LogP contribution in [0.5, 0.6) is 0 Å². The monoisotopic (exact) mass is 470 g/mol. The first kappa shape index (κ1) is 30.6. The number of rotatable bonds is 14. The minimum Gasteiger partial charge on any atom is -0.464 e. The lowest BCUT2D eigenvalue weighted by Gasteiger charge is -2.28. The number of carbonyl (C=O) groups excluding carboxylic acids is 3. The standard InChI is InChI=1S/C23H38N2O8/c1-7-8-9-10-17(27)33-14-13-24-21(30)15(2)25-22(31)20(32-6)19(29)18(28)16(26)11-12-23(3,4)5/h1,11-12,15-16,18-20,26,28-29H,8-10,13-14H2,2-6H3,(H,24,30)(H,25,31)/t15-,16+,18-,19+,20+/m0/s1. The van der Waals surface area contributed by atoms with Gasteiger partial charge in [-0.15, -0.1) is 12.3 Å². The van der Waals surface area contributed by atoms with E-state index in [0.29, 0.717) is 12.8 Å². The molecular weight excluding hydrogens is 432 g/mol. The lowest BCUT2D eigenvalue weighted by molar-refractivity contribution is -0.150. The molecule has 0 aliphatic heterocycles. The van der Waals surface area contributed by atoms with Gasteiger partial charge in [0, 0.05) is 20.0 Å². The molecule has 5 atom stereocenters. The van der Waals surface area contributed by atoms with Crippen molar-refractivity contribution in [3.63, 3.8) is 0 Å². The Bertz CT molecular complexity index is 696. The fourth-order valence-corrected chi connectivity index (χ4v) is 2.54. The van der Waals surface area contributed by atoms with Gasteiger partial charge in [0.1, 0.15) is 31.0 Å². The van der Waals surface area contributed by atoms with Crippen molar-refractivity contribution in [2.45, 2.75) is 77.4 Å². The van der Waals surface area contributed by atoms with Gasteiger partial charge in [-0.3, -0.25) is 14.4 Å². The second kappa shape index (κ2) is 15.4. The number of unbranched alkanes of at least 4 members (excludes halogenated alkanes) is 1. The molecule has 0 fully saturated rings. The number of terminal acetylenes is 1. The summed E-state index contributed by atoms with van der Waals surface area (Å²) in [5.74, 6) is 0.601. The number of esters is 1. The molecule has 0 aliphatic carbocycles. The van der Waals surface area contributed by atoms with E-state index < -0.39 is 48.2 Å². The van der Waals surface area contributed by atoms with Crippen molar-refractivity contribution in [1.82, 2.24) is 10.6 Å². The van der Waals surface area contributed by atoms with Crippen LogP contribution in [0.3, 0.4) is 0 Å². The number of aliphatic hydroxyl groups is 3. The SMILES string of the molecule is C#CCCCC(=O)OCCNC(=O)[C@H](C)NC(=O)[C@H](OC)[C@H](O)[C@@H](O)[C@H](O)C=CC(C)(C)C. The summed E-state index contributed by atoms with van der Waals surface area (Å²) < 4.78 is 9.93. The molecule has 0 heterocycles. The van der Waals surface area contributed by atoms with Gasteiger partial charge in [0.05, 0.1) is 6.54 Å². The van der Waals surface area contributed by atoms with E-state index in [4.69, 9.17) is 15.9 Å². The summed E-state index contributed by atoms with van der Waals surface area (Å²) in [6, 6.07) is -1.00. The number of hydrogen-bond donors (Lipinski definition) is 5. The molecule has 0 aromatic heterocycles. The molecule has 2 amide bonds. The fraction of sp³-hybridized carbons (Fsp3) is 0.696. The van der Waals surface area contributed by atoms with Gasteiger partial charge in [0.25, 0.3) is 5.91 Å². The zero-order chi connectivity index (χ0) is 25.6. The molecule has 0 bridgehead atoms. The van der Waals surface area contributed by atoms with Crippen molar-refractivity contribution in [1.29, 1.82) is 0 Å². The molecule has 10 nitrogen and oxygen atoms in total. The normalized spacial score (nSPS) is 16.2. The second-order valence-corrected chi connectivity index (χ2v) is 8.65. The summed E-state index contributed by atoms with van der Waals surface area (Å²) in [5, 5.41) is 35.5. The van der Waals surface area contributed by atoms with Crippen molar-refractivity contribution >= 4 is 17.8 Å². The number of hydrogen-bond acceptors (Lipinski definition) is 8. The average molecular weight is 471 g/mol. The number of amides is 2. The molecule has 0 rings (SSSR count). The molecule has 0 radical (unpaired) electrons. The van der Waals surface area contributed by atoms with Crippen LogP contribution in [0.15, 0.2) is 12.2 Å². The summed E-state index contributed by atoms with van der Waals surface area (Å²) in [6.45, 7) is 7.09. The van der Waals surface area contributed by atoms with Gasteiger partial charge < -0.3 is 35.4 Å². The van der Waals surface area contributed by atoms with Crippen LogP contribution >= 0.6 is 0 Å². The van der Waals surface area contributed by atoms with Crippen LogP contribution in [0.1, 0.15) is 47.0 Å². The second-order valence-electron chi connectivity index (χ2n) is 8.65. The Kier molecular flexibility index (Phi) is 14.3. The first-order valence-electron chi connectivity index (χ1n) is 10.8. The fourth-order valence-electron chi connectivity index (χ4n) is 2.54. The minimum atomic E-state index is -1.75. The van der Waals surface area contributed by atoms with Crippen LogP contribution in [0.2, 0.25) is 0 Å². The van der Waals surface area contributed by atoms with Crippen molar-refractivity contribution < 1.29 is 39.2 Å². The van der Waals surface area contributed by atoms with E-state index in [-0.39, 0.29) is 25.0 Å². The van der Waals surface area contributed by atoms with Gasteiger partial charge in [-0.2, -0.15) is 0 Å². The Labute approximate surface area is 195 Å². The first-order valence-corrected chi connectivity index (χ1v) is 10.8. The zero-order valence-electron chi connectivity index (χ0n) is 20.0. The van der Waals surface area contributed by atoms with Crippen LogP contribution in [-0.2, 0) is 23.9 Å². The van der Waals surface area contributed by atoms with Gasteiger partial charge in [0.2, 0.25) is 5.91 Å². The Hall–Kier alpha value is -2.45. The molecule has 188 valence electrons. The molecule has 0 unspecified atom stereocenters. The number of allylic oxidation sites excluding steroid dienone is 1. The smallest absolute Gasteiger partial charge is 0.305 e.